The molecular formula is C15H20N2O3. The molecule has 0 aliphatic carbocycles. The highest BCUT2D eigenvalue weighted by molar-refractivity contribution is 5.94. The first-order chi connectivity index (χ1) is 9.56. The summed E-state index contributed by atoms with van der Waals surface area (Å²) in [5.74, 6) is 0.513. The average Bonchev–Trinajstić information content (AvgIpc) is 2.45. The van der Waals surface area contributed by atoms with E-state index in [9.17, 15) is 9.59 Å². The van der Waals surface area contributed by atoms with Crippen molar-refractivity contribution in [2.45, 2.75) is 19.9 Å². The third-order valence-corrected chi connectivity index (χ3v) is 3.32. The van der Waals surface area contributed by atoms with Crippen molar-refractivity contribution in [1.29, 1.82) is 0 Å². The van der Waals surface area contributed by atoms with E-state index in [0.717, 1.165) is 6.54 Å². The Balaban J connectivity index is 1.89. The Morgan fingerprint density at radius 3 is 2.95 bits per heavy atom. The van der Waals surface area contributed by atoms with E-state index in [4.69, 9.17) is 4.74 Å². The SMILES string of the molecule is CC(=O)c1cccc(OCC(=O)N2CCNC(C)C2)c1. The molecule has 1 fully saturated rings. The number of ketones is 1. The van der Waals surface area contributed by atoms with Gasteiger partial charge in [-0.3, -0.25) is 9.59 Å². The lowest BCUT2D eigenvalue weighted by atomic mass is 10.1. The van der Waals surface area contributed by atoms with E-state index in [0.29, 0.717) is 30.4 Å². The minimum atomic E-state index is -0.0217. The molecule has 1 heterocycles. The second-order valence-corrected chi connectivity index (χ2v) is 5.07. The molecule has 1 saturated heterocycles. The minimum absolute atomic E-state index is 0.00801. The Morgan fingerprint density at radius 2 is 2.25 bits per heavy atom. The standard InChI is InChI=1S/C15H20N2O3/c1-11-9-17(7-6-16-11)15(19)10-20-14-5-3-4-13(8-14)12(2)18/h3-5,8,11,16H,6-7,9-10H2,1-2H3. The van der Waals surface area contributed by atoms with Gasteiger partial charge in [0.05, 0.1) is 0 Å². The highest BCUT2D eigenvalue weighted by atomic mass is 16.5. The van der Waals surface area contributed by atoms with Gasteiger partial charge in [-0.15, -0.1) is 0 Å². The molecule has 5 nitrogen and oxygen atoms in total. The Bertz CT molecular complexity index is 502. The highest BCUT2D eigenvalue weighted by Crippen LogP contribution is 2.14. The van der Waals surface area contributed by atoms with Crippen LogP contribution in [0.5, 0.6) is 5.75 Å². The summed E-state index contributed by atoms with van der Waals surface area (Å²) in [5.41, 5.74) is 0.589. The number of ether oxygens (including phenoxy) is 1. The topological polar surface area (TPSA) is 58.6 Å². The van der Waals surface area contributed by atoms with Crippen LogP contribution in [0.25, 0.3) is 0 Å². The number of hydrogen-bond acceptors (Lipinski definition) is 4. The van der Waals surface area contributed by atoms with Crippen molar-refractivity contribution in [2.75, 3.05) is 26.2 Å². The highest BCUT2D eigenvalue weighted by Gasteiger charge is 2.20. The van der Waals surface area contributed by atoms with Gasteiger partial charge in [-0.2, -0.15) is 0 Å². The van der Waals surface area contributed by atoms with Crippen LogP contribution in [0.3, 0.4) is 0 Å². The van der Waals surface area contributed by atoms with Gasteiger partial charge in [0.2, 0.25) is 0 Å². The maximum absolute atomic E-state index is 12.0. The summed E-state index contributed by atoms with van der Waals surface area (Å²) >= 11 is 0. The van der Waals surface area contributed by atoms with Crippen LogP contribution < -0.4 is 10.1 Å². The van der Waals surface area contributed by atoms with Crippen molar-refractivity contribution in [2.24, 2.45) is 0 Å². The van der Waals surface area contributed by atoms with E-state index in [1.165, 1.54) is 6.92 Å². The van der Waals surface area contributed by atoms with Gasteiger partial charge in [-0.05, 0) is 26.0 Å². The number of carbonyl (C=O) groups is 2. The lowest BCUT2D eigenvalue weighted by Crippen LogP contribution is -2.52. The van der Waals surface area contributed by atoms with Crippen molar-refractivity contribution < 1.29 is 14.3 Å². The number of nitrogens with one attached hydrogen (secondary N) is 1. The Morgan fingerprint density at radius 1 is 1.45 bits per heavy atom. The van der Waals surface area contributed by atoms with Gasteiger partial charge >= 0.3 is 0 Å². The first-order valence-corrected chi connectivity index (χ1v) is 6.81. The summed E-state index contributed by atoms with van der Waals surface area (Å²) in [5, 5.41) is 3.29. The molecule has 1 atom stereocenters. The summed E-state index contributed by atoms with van der Waals surface area (Å²) < 4.78 is 5.48. The predicted octanol–water partition coefficient (Wildman–Crippen LogP) is 1.09. The molecule has 20 heavy (non-hydrogen) atoms. The molecule has 1 aromatic rings. The smallest absolute Gasteiger partial charge is 0.260 e. The van der Waals surface area contributed by atoms with Crippen LogP contribution in [0.15, 0.2) is 24.3 Å². The maximum atomic E-state index is 12.0. The van der Waals surface area contributed by atoms with Gasteiger partial charge in [0.25, 0.3) is 5.91 Å². The fourth-order valence-corrected chi connectivity index (χ4v) is 2.20. The molecule has 0 spiro atoms. The maximum Gasteiger partial charge on any atom is 0.260 e. The van der Waals surface area contributed by atoms with Gasteiger partial charge in [0.1, 0.15) is 5.75 Å². The number of benzene rings is 1. The van der Waals surface area contributed by atoms with Crippen LogP contribution in [0.2, 0.25) is 0 Å². The molecule has 0 radical (unpaired) electrons. The molecule has 1 aliphatic rings. The lowest BCUT2D eigenvalue weighted by molar-refractivity contribution is -0.134. The molecule has 1 N–H and O–H groups in total. The largest absolute Gasteiger partial charge is 0.484 e. The van der Waals surface area contributed by atoms with Crippen LogP contribution in [-0.2, 0) is 4.79 Å². The third kappa shape index (κ3) is 3.81. The predicted molar refractivity (Wildman–Crippen MR) is 76.0 cm³/mol. The second kappa shape index (κ2) is 6.52. The van der Waals surface area contributed by atoms with E-state index in [1.54, 1.807) is 29.2 Å². The summed E-state index contributed by atoms with van der Waals surface area (Å²) in [6, 6.07) is 7.21. The summed E-state index contributed by atoms with van der Waals surface area (Å²) in [6.07, 6.45) is 0. The molecule has 1 aromatic carbocycles. The van der Waals surface area contributed by atoms with Crippen LogP contribution >= 0.6 is 0 Å². The Kier molecular flexibility index (Phi) is 4.74. The first-order valence-electron chi connectivity index (χ1n) is 6.81. The van der Waals surface area contributed by atoms with Crippen molar-refractivity contribution >= 4 is 11.7 Å². The lowest BCUT2D eigenvalue weighted by Gasteiger charge is -2.31. The Hall–Kier alpha value is -1.88. The summed E-state index contributed by atoms with van der Waals surface area (Å²) in [7, 11) is 0. The zero-order valence-electron chi connectivity index (χ0n) is 11.9. The number of carbonyl (C=O) groups excluding carboxylic acids is 2. The minimum Gasteiger partial charge on any atom is -0.484 e. The van der Waals surface area contributed by atoms with Gasteiger partial charge in [-0.1, -0.05) is 12.1 Å². The van der Waals surface area contributed by atoms with E-state index in [2.05, 4.69) is 12.2 Å². The number of nitrogens with zero attached hydrogens (tertiary/aromatic N) is 1. The molecule has 0 bridgehead atoms. The van der Waals surface area contributed by atoms with Crippen molar-refractivity contribution in [1.82, 2.24) is 10.2 Å². The fraction of sp³-hybridized carbons (Fsp3) is 0.467. The number of piperazine rings is 1. The molecule has 1 aliphatic heterocycles. The van der Waals surface area contributed by atoms with Crippen molar-refractivity contribution in [3.8, 4) is 5.75 Å². The number of Topliss-reactive ketones (excluding diaryl/α,β-unsaturated/α-hetero) is 1. The normalized spacial score (nSPS) is 18.7. The quantitative estimate of drug-likeness (QED) is 0.836. The molecule has 1 amide bonds. The zero-order valence-corrected chi connectivity index (χ0v) is 11.9. The monoisotopic (exact) mass is 276 g/mol. The molecular weight excluding hydrogens is 256 g/mol. The first kappa shape index (κ1) is 14.5. The molecule has 0 aromatic heterocycles. The number of hydrogen-bond donors (Lipinski definition) is 1. The van der Waals surface area contributed by atoms with E-state index >= 15 is 0 Å². The van der Waals surface area contributed by atoms with E-state index in [1.807, 2.05) is 0 Å². The molecule has 0 saturated carbocycles. The Labute approximate surface area is 118 Å². The molecule has 5 heteroatoms. The van der Waals surface area contributed by atoms with Gasteiger partial charge in [0.15, 0.2) is 12.4 Å². The summed E-state index contributed by atoms with van der Waals surface area (Å²) in [6.45, 7) is 5.79. The zero-order chi connectivity index (χ0) is 14.5. The van der Waals surface area contributed by atoms with Crippen LogP contribution in [0.1, 0.15) is 24.2 Å². The van der Waals surface area contributed by atoms with Crippen LogP contribution in [-0.4, -0.2) is 48.9 Å². The molecule has 108 valence electrons. The van der Waals surface area contributed by atoms with Gasteiger partial charge < -0.3 is 15.0 Å². The van der Waals surface area contributed by atoms with Crippen molar-refractivity contribution in [3.05, 3.63) is 29.8 Å². The van der Waals surface area contributed by atoms with Crippen LogP contribution in [0.4, 0.5) is 0 Å². The fourth-order valence-electron chi connectivity index (χ4n) is 2.20. The van der Waals surface area contributed by atoms with Gasteiger partial charge in [0, 0.05) is 31.2 Å². The van der Waals surface area contributed by atoms with Crippen molar-refractivity contribution in [3.63, 3.8) is 0 Å². The number of amides is 1. The third-order valence-electron chi connectivity index (χ3n) is 3.32. The van der Waals surface area contributed by atoms with Gasteiger partial charge in [-0.25, -0.2) is 0 Å². The second-order valence-electron chi connectivity index (χ2n) is 5.07. The molecule has 1 unspecified atom stereocenters. The van der Waals surface area contributed by atoms with E-state index < -0.39 is 0 Å². The number of rotatable bonds is 4. The average molecular weight is 276 g/mol. The van der Waals surface area contributed by atoms with Crippen LogP contribution in [0, 0.1) is 0 Å². The summed E-state index contributed by atoms with van der Waals surface area (Å²) in [4.78, 5) is 25.1. The van der Waals surface area contributed by atoms with E-state index in [-0.39, 0.29) is 18.3 Å². The molecule has 2 rings (SSSR count).